The third kappa shape index (κ3) is 5.16. The number of ether oxygens (including phenoxy) is 1. The van der Waals surface area contributed by atoms with Gasteiger partial charge in [0, 0.05) is 32.5 Å². The molecule has 11 heteroatoms. The number of hydrogen-bond donors (Lipinski definition) is 2. The summed E-state index contributed by atoms with van der Waals surface area (Å²) in [6.45, 7) is 3.56. The molecule has 11 nitrogen and oxygen atoms in total. The van der Waals surface area contributed by atoms with Crippen LogP contribution in [0.25, 0.3) is 0 Å². The minimum atomic E-state index is -0.833. The van der Waals surface area contributed by atoms with E-state index in [9.17, 15) is 4.79 Å². The molecular formula is C21H30N6O5. The summed E-state index contributed by atoms with van der Waals surface area (Å²) in [5.74, 6) is 0.947. The predicted molar refractivity (Wildman–Crippen MR) is 112 cm³/mol. The van der Waals surface area contributed by atoms with Crippen molar-refractivity contribution in [3.8, 4) is 0 Å². The molecule has 4 heterocycles. The van der Waals surface area contributed by atoms with Crippen molar-refractivity contribution in [1.82, 2.24) is 24.9 Å². The van der Waals surface area contributed by atoms with Crippen molar-refractivity contribution in [3.63, 3.8) is 0 Å². The monoisotopic (exact) mass is 446 g/mol. The minimum absolute atomic E-state index is 0.0989. The van der Waals surface area contributed by atoms with E-state index >= 15 is 0 Å². The second-order valence-corrected chi connectivity index (χ2v) is 8.63. The highest BCUT2D eigenvalue weighted by molar-refractivity contribution is 5.92. The summed E-state index contributed by atoms with van der Waals surface area (Å²) in [6, 6.07) is 0.570. The van der Waals surface area contributed by atoms with Gasteiger partial charge in [0.2, 0.25) is 0 Å². The highest BCUT2D eigenvalue weighted by atomic mass is 16.5. The maximum Gasteiger partial charge on any atom is 0.300 e. The van der Waals surface area contributed by atoms with E-state index in [0.29, 0.717) is 31.8 Å². The molecule has 1 unspecified atom stereocenters. The Morgan fingerprint density at radius 2 is 1.97 bits per heavy atom. The zero-order valence-electron chi connectivity index (χ0n) is 18.3. The molecule has 32 heavy (non-hydrogen) atoms. The average Bonchev–Trinajstić information content (AvgIpc) is 3.53. The first-order chi connectivity index (χ1) is 15.4. The van der Waals surface area contributed by atoms with Gasteiger partial charge in [-0.05, 0) is 32.1 Å². The number of rotatable bonds is 3. The number of carboxylic acids is 1. The van der Waals surface area contributed by atoms with Crippen LogP contribution in [-0.4, -0.2) is 67.7 Å². The molecule has 1 amide bonds. The number of nitrogens with two attached hydrogens (primary N) is 1. The SMILES string of the molecule is CC(=O)O.NC1CCC(n2cc(C(=O)N3CCc4oc(C5CCOC5)nc4C3)nn2)CC1. The number of carboxylic acid groups (broad SMARTS) is 1. The van der Waals surface area contributed by atoms with E-state index in [0.717, 1.165) is 63.0 Å². The molecule has 5 rings (SSSR count). The van der Waals surface area contributed by atoms with E-state index in [4.69, 9.17) is 24.8 Å². The van der Waals surface area contributed by atoms with Gasteiger partial charge in [-0.15, -0.1) is 5.10 Å². The van der Waals surface area contributed by atoms with Gasteiger partial charge in [-0.2, -0.15) is 0 Å². The molecule has 0 aromatic carbocycles. The number of aliphatic carboxylic acids is 1. The summed E-state index contributed by atoms with van der Waals surface area (Å²) in [5.41, 5.74) is 7.23. The topological polar surface area (TPSA) is 150 Å². The van der Waals surface area contributed by atoms with Crippen molar-refractivity contribution in [2.45, 2.75) is 70.0 Å². The van der Waals surface area contributed by atoms with Gasteiger partial charge in [0.05, 0.1) is 31.3 Å². The third-order valence-corrected chi connectivity index (χ3v) is 6.16. The summed E-state index contributed by atoms with van der Waals surface area (Å²) >= 11 is 0. The molecule has 2 aromatic heterocycles. The van der Waals surface area contributed by atoms with E-state index in [1.54, 1.807) is 11.1 Å². The number of amides is 1. The number of carbonyl (C=O) groups excluding carboxylic acids is 1. The molecule has 2 aliphatic heterocycles. The zero-order valence-corrected chi connectivity index (χ0v) is 18.3. The number of hydrogen-bond acceptors (Lipinski definition) is 8. The first-order valence-electron chi connectivity index (χ1n) is 11.1. The highest BCUT2D eigenvalue weighted by Gasteiger charge is 2.31. The summed E-state index contributed by atoms with van der Waals surface area (Å²) < 4.78 is 13.2. The van der Waals surface area contributed by atoms with Gasteiger partial charge in [0.1, 0.15) is 11.5 Å². The Labute approximate surface area is 185 Å². The van der Waals surface area contributed by atoms with Crippen LogP contribution in [0.15, 0.2) is 10.6 Å². The number of fused-ring (bicyclic) bond motifs is 1. The Hall–Kier alpha value is -2.79. The Morgan fingerprint density at radius 3 is 2.66 bits per heavy atom. The van der Waals surface area contributed by atoms with Crippen LogP contribution in [0, 0.1) is 0 Å². The molecule has 0 bridgehead atoms. The van der Waals surface area contributed by atoms with Gasteiger partial charge >= 0.3 is 0 Å². The van der Waals surface area contributed by atoms with Crippen molar-refractivity contribution in [2.75, 3.05) is 19.8 Å². The van der Waals surface area contributed by atoms with Gasteiger partial charge in [-0.1, -0.05) is 5.21 Å². The number of carbonyl (C=O) groups is 2. The molecular weight excluding hydrogens is 416 g/mol. The Balaban J connectivity index is 0.000000567. The fraction of sp³-hybridized carbons (Fsp3) is 0.667. The lowest BCUT2D eigenvalue weighted by Crippen LogP contribution is -2.36. The maximum atomic E-state index is 12.9. The molecule has 1 saturated heterocycles. The summed E-state index contributed by atoms with van der Waals surface area (Å²) in [7, 11) is 0. The zero-order chi connectivity index (χ0) is 22.7. The van der Waals surface area contributed by atoms with Crippen molar-refractivity contribution in [2.24, 2.45) is 5.73 Å². The Bertz CT molecular complexity index is 938. The summed E-state index contributed by atoms with van der Waals surface area (Å²) in [4.78, 5) is 28.4. The van der Waals surface area contributed by atoms with E-state index in [1.165, 1.54) is 0 Å². The van der Waals surface area contributed by atoms with Gasteiger partial charge in [-0.25, -0.2) is 9.67 Å². The Kier molecular flexibility index (Phi) is 6.85. The second-order valence-electron chi connectivity index (χ2n) is 8.63. The van der Waals surface area contributed by atoms with Crippen LogP contribution >= 0.6 is 0 Å². The lowest BCUT2D eigenvalue weighted by Gasteiger charge is -2.26. The number of oxazole rings is 1. The second kappa shape index (κ2) is 9.78. The van der Waals surface area contributed by atoms with E-state index in [1.807, 2.05) is 4.68 Å². The lowest BCUT2D eigenvalue weighted by atomic mass is 9.92. The molecule has 1 aliphatic carbocycles. The normalized spacial score (nSPS) is 25.1. The van der Waals surface area contributed by atoms with Crippen molar-refractivity contribution < 1.29 is 23.8 Å². The van der Waals surface area contributed by atoms with E-state index < -0.39 is 5.97 Å². The van der Waals surface area contributed by atoms with Crippen LogP contribution in [0.5, 0.6) is 0 Å². The molecule has 2 aromatic rings. The van der Waals surface area contributed by atoms with Crippen molar-refractivity contribution >= 4 is 11.9 Å². The smallest absolute Gasteiger partial charge is 0.300 e. The Morgan fingerprint density at radius 1 is 1.22 bits per heavy atom. The first-order valence-corrected chi connectivity index (χ1v) is 11.1. The highest BCUT2D eigenvalue weighted by Crippen LogP contribution is 2.30. The fourth-order valence-corrected chi connectivity index (χ4v) is 4.38. The van der Waals surface area contributed by atoms with Crippen LogP contribution < -0.4 is 5.73 Å². The molecule has 1 saturated carbocycles. The summed E-state index contributed by atoms with van der Waals surface area (Å²) in [5, 5.41) is 15.8. The molecule has 3 N–H and O–H groups in total. The average molecular weight is 447 g/mol. The molecule has 0 radical (unpaired) electrons. The quantitative estimate of drug-likeness (QED) is 0.715. The van der Waals surface area contributed by atoms with Crippen LogP contribution in [0.2, 0.25) is 0 Å². The first kappa shape index (κ1) is 22.4. The van der Waals surface area contributed by atoms with Crippen molar-refractivity contribution in [3.05, 3.63) is 29.2 Å². The van der Waals surface area contributed by atoms with Crippen LogP contribution in [0.3, 0.4) is 0 Å². The molecule has 174 valence electrons. The minimum Gasteiger partial charge on any atom is -0.481 e. The van der Waals surface area contributed by atoms with Crippen LogP contribution in [-0.2, 0) is 22.5 Å². The van der Waals surface area contributed by atoms with Gasteiger partial charge in [0.15, 0.2) is 11.6 Å². The van der Waals surface area contributed by atoms with Crippen molar-refractivity contribution in [1.29, 1.82) is 0 Å². The predicted octanol–water partition coefficient (Wildman–Crippen LogP) is 1.50. The van der Waals surface area contributed by atoms with E-state index in [2.05, 4.69) is 15.3 Å². The lowest BCUT2D eigenvalue weighted by molar-refractivity contribution is -0.134. The van der Waals surface area contributed by atoms with Crippen LogP contribution in [0.4, 0.5) is 0 Å². The van der Waals surface area contributed by atoms with E-state index in [-0.39, 0.29) is 23.9 Å². The van der Waals surface area contributed by atoms with Gasteiger partial charge < -0.3 is 24.9 Å². The maximum absolute atomic E-state index is 12.9. The third-order valence-electron chi connectivity index (χ3n) is 6.16. The molecule has 0 spiro atoms. The van der Waals surface area contributed by atoms with Gasteiger partial charge in [0.25, 0.3) is 11.9 Å². The summed E-state index contributed by atoms with van der Waals surface area (Å²) in [6.07, 6.45) is 7.35. The standard InChI is InChI=1S/C19H26N6O3.C2H4O2/c20-13-1-3-14(4-2-13)25-10-16(22-23-25)19(26)24-7-5-17-15(9-24)21-18(28-17)12-6-8-27-11-12;1-2(3)4/h10,12-14H,1-9,11,20H2;1H3,(H,3,4). The fourth-order valence-electron chi connectivity index (χ4n) is 4.38. The largest absolute Gasteiger partial charge is 0.481 e. The molecule has 3 aliphatic rings. The number of aromatic nitrogens is 4. The molecule has 1 atom stereocenters. The van der Waals surface area contributed by atoms with Gasteiger partial charge in [-0.3, -0.25) is 9.59 Å². The molecule has 2 fully saturated rings. The van der Waals surface area contributed by atoms with Crippen LogP contribution in [0.1, 0.15) is 78.8 Å². The number of nitrogens with zero attached hydrogens (tertiary/aromatic N) is 5.